The van der Waals surface area contributed by atoms with Gasteiger partial charge in [-0.15, -0.1) is 0 Å². The van der Waals surface area contributed by atoms with E-state index in [9.17, 15) is 23.1 Å². The van der Waals surface area contributed by atoms with Gasteiger partial charge in [-0.1, -0.05) is 20.8 Å². The first-order valence-corrected chi connectivity index (χ1v) is 14.4. The molecule has 2 aromatic carbocycles. The van der Waals surface area contributed by atoms with Gasteiger partial charge in [0.25, 0.3) is 0 Å². The summed E-state index contributed by atoms with van der Waals surface area (Å²) in [5, 5.41) is 25.9. The highest BCUT2D eigenvalue weighted by molar-refractivity contribution is 6.06. The summed E-state index contributed by atoms with van der Waals surface area (Å²) in [5.74, 6) is -2.65. The number of fused-ring (bicyclic) bond motifs is 1. The zero-order valence-corrected chi connectivity index (χ0v) is 26.1. The molecule has 0 amide bonds. The third-order valence-corrected chi connectivity index (χ3v) is 7.26. The van der Waals surface area contributed by atoms with Crippen LogP contribution in [-0.4, -0.2) is 84.9 Å². The number of anilines is 1. The largest absolute Gasteiger partial charge is 0.494 e. The summed E-state index contributed by atoms with van der Waals surface area (Å²) in [6, 6.07) is 5.36. The molecule has 10 nitrogen and oxygen atoms in total. The van der Waals surface area contributed by atoms with Crippen molar-refractivity contribution >= 4 is 23.3 Å². The number of benzene rings is 2. The molecule has 0 spiro atoms. The second kappa shape index (κ2) is 13.9. The van der Waals surface area contributed by atoms with Crippen LogP contribution in [0, 0.1) is 11.2 Å². The molecule has 1 fully saturated rings. The van der Waals surface area contributed by atoms with Gasteiger partial charge >= 0.3 is 12.1 Å². The minimum absolute atomic E-state index is 0.00607. The van der Waals surface area contributed by atoms with Crippen LogP contribution in [-0.2, 0) is 16.8 Å². The second-order valence-corrected chi connectivity index (χ2v) is 11.6. The van der Waals surface area contributed by atoms with E-state index < -0.39 is 24.1 Å². The van der Waals surface area contributed by atoms with Crippen molar-refractivity contribution < 1.29 is 51.6 Å². The minimum atomic E-state index is -5.08. The molecule has 0 aromatic heterocycles. The van der Waals surface area contributed by atoms with Gasteiger partial charge < -0.3 is 34.2 Å². The predicted molar refractivity (Wildman–Crippen MR) is 159 cm³/mol. The Morgan fingerprint density at radius 2 is 1.69 bits per heavy atom. The van der Waals surface area contributed by atoms with Crippen molar-refractivity contribution in [3.05, 3.63) is 46.3 Å². The zero-order valence-electron chi connectivity index (χ0n) is 26.1. The molecular weight excluding hydrogens is 602 g/mol. The van der Waals surface area contributed by atoms with E-state index in [1.165, 1.54) is 0 Å². The fourth-order valence-corrected chi connectivity index (χ4v) is 5.16. The first-order valence-electron chi connectivity index (χ1n) is 14.4. The number of carboxylic acids is 1. The van der Waals surface area contributed by atoms with Gasteiger partial charge in [0, 0.05) is 30.8 Å². The average Bonchev–Trinajstić information content (AvgIpc) is 3.52. The van der Waals surface area contributed by atoms with Gasteiger partial charge in [-0.2, -0.15) is 13.2 Å². The average molecular weight is 642 g/mol. The topological polar surface area (TPSA) is 133 Å². The lowest BCUT2D eigenvalue weighted by atomic mass is 9.84. The van der Waals surface area contributed by atoms with Gasteiger partial charge in [-0.25, -0.2) is 9.18 Å². The number of methoxy groups -OCH3 is 1. The van der Waals surface area contributed by atoms with Crippen LogP contribution in [0.1, 0.15) is 68.1 Å². The smallest absolute Gasteiger partial charge is 0.490 e. The van der Waals surface area contributed by atoms with E-state index in [2.05, 4.69) is 20.8 Å². The van der Waals surface area contributed by atoms with Crippen LogP contribution in [0.5, 0.6) is 17.2 Å². The molecule has 0 saturated carbocycles. The number of hydrogen-bond acceptors (Lipinski definition) is 8. The van der Waals surface area contributed by atoms with Crippen LogP contribution in [0.2, 0.25) is 0 Å². The van der Waals surface area contributed by atoms with Crippen molar-refractivity contribution in [2.75, 3.05) is 44.9 Å². The molecule has 0 aliphatic carbocycles. The Labute approximate surface area is 259 Å². The summed E-state index contributed by atoms with van der Waals surface area (Å²) < 4.78 is 64.1. The number of carboxylic acid groups (broad SMARTS) is 1. The summed E-state index contributed by atoms with van der Waals surface area (Å²) >= 11 is 0. The van der Waals surface area contributed by atoms with Gasteiger partial charge in [0.15, 0.2) is 23.1 Å². The van der Waals surface area contributed by atoms with E-state index in [-0.39, 0.29) is 48.0 Å². The lowest BCUT2D eigenvalue weighted by Crippen LogP contribution is -2.31. The van der Waals surface area contributed by atoms with E-state index in [1.807, 2.05) is 24.0 Å². The van der Waals surface area contributed by atoms with Crippen LogP contribution in [0.15, 0.2) is 18.2 Å². The number of carbonyl (C=O) groups excluding carboxylic acids is 1. The van der Waals surface area contributed by atoms with Crippen LogP contribution < -0.4 is 19.1 Å². The Hall–Kier alpha value is -4.07. The molecule has 2 aliphatic heterocycles. The molecule has 0 bridgehead atoms. The van der Waals surface area contributed by atoms with Crippen molar-refractivity contribution in [2.24, 2.45) is 0 Å². The Bertz CT molecular complexity index is 1440. The highest BCUT2D eigenvalue weighted by Gasteiger charge is 2.38. The number of β-amino-alcohol motifs (C(OH)–C–C–N with tert-alkyl or cyclic N) is 1. The van der Waals surface area contributed by atoms with E-state index in [1.54, 1.807) is 25.0 Å². The summed E-state index contributed by atoms with van der Waals surface area (Å²) in [7, 11) is 1.62. The predicted octanol–water partition coefficient (Wildman–Crippen LogP) is 5.16. The molecule has 1 saturated heterocycles. The van der Waals surface area contributed by atoms with Gasteiger partial charge in [0.2, 0.25) is 0 Å². The number of aliphatic hydroxyl groups excluding tert-OH is 1. The van der Waals surface area contributed by atoms with Gasteiger partial charge in [-0.3, -0.25) is 10.2 Å². The maximum Gasteiger partial charge on any atom is 0.490 e. The van der Waals surface area contributed by atoms with E-state index in [0.717, 1.165) is 11.3 Å². The number of alkyl halides is 3. The molecule has 1 unspecified atom stereocenters. The van der Waals surface area contributed by atoms with Crippen LogP contribution in [0.25, 0.3) is 0 Å². The summed E-state index contributed by atoms with van der Waals surface area (Å²) in [4.78, 5) is 26.2. The SMILES string of the molecule is CCOc1cc2c(c(F)c1OCC)C(=N)N(CC(=O)c1cc(N3CCC(O)C3)c(OC)c(C(C)(C)C)c1)C2.O=C(O)C(F)(F)F. The molecular formula is C31H39F4N3O7. The molecule has 4 rings (SSSR count). The van der Waals surface area contributed by atoms with Crippen LogP contribution >= 0.6 is 0 Å². The van der Waals surface area contributed by atoms with Crippen molar-refractivity contribution in [3.8, 4) is 17.2 Å². The molecule has 1 atom stereocenters. The van der Waals surface area contributed by atoms with Crippen molar-refractivity contribution in [2.45, 2.75) is 65.3 Å². The fourth-order valence-electron chi connectivity index (χ4n) is 5.16. The number of rotatable bonds is 9. The van der Waals surface area contributed by atoms with E-state index in [4.69, 9.17) is 29.5 Å². The first kappa shape index (κ1) is 35.4. The Morgan fingerprint density at radius 3 is 2.18 bits per heavy atom. The molecule has 2 heterocycles. The maximum absolute atomic E-state index is 15.5. The summed E-state index contributed by atoms with van der Waals surface area (Å²) in [6.45, 7) is 11.6. The standard InChI is InChI=1S/C29H38FN3O5.C2HF3O2/c1-7-37-23-13-18-14-33(28(31)24(18)25(30)27(23)38-8-2)16-22(35)17-11-20(29(3,4)5)26(36-6)21(12-17)32-10-9-19(34)15-32;3-2(4,5)1(6)7/h11-13,19,31,34H,7-10,14-16H2,1-6H3;(H,6,7). The normalized spacial score (nSPS) is 16.2. The quantitative estimate of drug-likeness (QED) is 0.251. The van der Waals surface area contributed by atoms with Crippen molar-refractivity contribution in [1.29, 1.82) is 5.41 Å². The number of Topliss-reactive ketones (excluding diaryl/α,β-unsaturated/α-hetero) is 1. The van der Waals surface area contributed by atoms with E-state index >= 15 is 4.39 Å². The van der Waals surface area contributed by atoms with Crippen molar-refractivity contribution in [3.63, 3.8) is 0 Å². The highest BCUT2D eigenvalue weighted by Crippen LogP contribution is 2.42. The number of nitrogens with one attached hydrogen (secondary N) is 1. The number of halogens is 4. The second-order valence-electron chi connectivity index (χ2n) is 11.6. The number of hydrogen-bond donors (Lipinski definition) is 3. The Morgan fingerprint density at radius 1 is 1.07 bits per heavy atom. The molecule has 0 radical (unpaired) electrons. The first-order chi connectivity index (χ1) is 20.9. The van der Waals surface area contributed by atoms with E-state index in [0.29, 0.717) is 48.7 Å². The monoisotopic (exact) mass is 641 g/mol. The number of carbonyl (C=O) groups is 2. The number of ether oxygens (including phenoxy) is 3. The minimum Gasteiger partial charge on any atom is -0.494 e. The maximum atomic E-state index is 15.5. The lowest BCUT2D eigenvalue weighted by molar-refractivity contribution is -0.192. The Balaban J connectivity index is 0.000000707. The van der Waals surface area contributed by atoms with Gasteiger partial charge in [-0.05, 0) is 49.4 Å². The molecule has 248 valence electrons. The summed E-state index contributed by atoms with van der Waals surface area (Å²) in [5.41, 5.74) is 2.57. The Kier molecular flexibility index (Phi) is 11.0. The van der Waals surface area contributed by atoms with Crippen LogP contribution in [0.4, 0.5) is 23.2 Å². The lowest BCUT2D eigenvalue weighted by Gasteiger charge is -2.29. The molecule has 2 aliphatic rings. The number of aliphatic hydroxyl groups is 1. The highest BCUT2D eigenvalue weighted by atomic mass is 19.4. The number of amidine groups is 1. The van der Waals surface area contributed by atoms with Gasteiger partial charge in [0.05, 0.1) is 44.2 Å². The molecule has 45 heavy (non-hydrogen) atoms. The fraction of sp³-hybridized carbons (Fsp3) is 0.516. The zero-order chi connectivity index (χ0) is 33.9. The molecule has 14 heteroatoms. The number of nitrogens with zero attached hydrogens (tertiary/aromatic N) is 2. The van der Waals surface area contributed by atoms with Gasteiger partial charge in [0.1, 0.15) is 11.6 Å². The van der Waals surface area contributed by atoms with Crippen molar-refractivity contribution in [1.82, 2.24) is 4.90 Å². The summed E-state index contributed by atoms with van der Waals surface area (Å²) in [6.07, 6.45) is -4.87. The third kappa shape index (κ3) is 7.96. The molecule has 2 aromatic rings. The molecule has 3 N–H and O–H groups in total. The number of ketones is 1. The number of aliphatic carboxylic acids is 1. The third-order valence-electron chi connectivity index (χ3n) is 7.26. The van der Waals surface area contributed by atoms with Crippen LogP contribution in [0.3, 0.4) is 0 Å².